The molecule has 116 valence electrons. The van der Waals surface area contributed by atoms with Crippen molar-refractivity contribution in [2.75, 3.05) is 6.26 Å². The van der Waals surface area contributed by atoms with Gasteiger partial charge in [0.1, 0.15) is 6.10 Å². The molecule has 6 heteroatoms. The highest BCUT2D eigenvalue weighted by atomic mass is 32.2. The minimum absolute atomic E-state index is 0.0692. The predicted molar refractivity (Wildman–Crippen MR) is 79.1 cm³/mol. The number of carbonyl (C=O) groups excluding carboxylic acids is 1. The van der Waals surface area contributed by atoms with E-state index in [0.29, 0.717) is 0 Å². The van der Waals surface area contributed by atoms with Crippen molar-refractivity contribution < 1.29 is 17.9 Å². The van der Waals surface area contributed by atoms with Crippen molar-refractivity contribution in [2.45, 2.75) is 58.1 Å². The molecule has 1 saturated carbocycles. The second kappa shape index (κ2) is 6.61. The van der Waals surface area contributed by atoms with Gasteiger partial charge in [-0.15, -0.1) is 0 Å². The minimum Gasteiger partial charge on any atom is -0.446 e. The number of hydrogen-bond donors (Lipinski definition) is 1. The molecule has 0 aliphatic heterocycles. The van der Waals surface area contributed by atoms with Gasteiger partial charge in [0.05, 0.1) is 0 Å². The van der Waals surface area contributed by atoms with E-state index in [1.54, 1.807) is 6.08 Å². The quantitative estimate of drug-likeness (QED) is 0.870. The molecule has 1 aliphatic carbocycles. The molecule has 1 N–H and O–H groups in total. The topological polar surface area (TPSA) is 72.5 Å². The molecular formula is C14H25NO4S. The van der Waals surface area contributed by atoms with Crippen LogP contribution in [0.1, 0.15) is 46.5 Å². The van der Waals surface area contributed by atoms with Gasteiger partial charge in [0.15, 0.2) is 9.84 Å². The largest absolute Gasteiger partial charge is 0.446 e. The smallest absolute Gasteiger partial charge is 0.407 e. The van der Waals surface area contributed by atoms with Gasteiger partial charge in [-0.25, -0.2) is 13.2 Å². The molecule has 0 aromatic rings. The zero-order valence-corrected chi connectivity index (χ0v) is 13.5. The van der Waals surface area contributed by atoms with Crippen molar-refractivity contribution >= 4 is 15.9 Å². The lowest BCUT2D eigenvalue weighted by Crippen LogP contribution is -2.42. The fourth-order valence-electron chi connectivity index (χ4n) is 2.14. The average Bonchev–Trinajstić information content (AvgIpc) is 2.24. The summed E-state index contributed by atoms with van der Waals surface area (Å²) in [7, 11) is -3.05. The molecule has 1 rings (SSSR count). The first-order valence-corrected chi connectivity index (χ1v) is 8.88. The highest BCUT2D eigenvalue weighted by Gasteiger charge is 2.24. The van der Waals surface area contributed by atoms with E-state index in [1.165, 1.54) is 11.7 Å². The van der Waals surface area contributed by atoms with Crippen LogP contribution in [0.25, 0.3) is 0 Å². The first-order valence-electron chi connectivity index (χ1n) is 6.92. The number of nitrogens with one attached hydrogen (secondary N) is 1. The van der Waals surface area contributed by atoms with Crippen molar-refractivity contribution in [2.24, 2.45) is 5.92 Å². The Morgan fingerprint density at radius 2 is 1.75 bits per heavy atom. The Bertz CT molecular complexity index is 454. The van der Waals surface area contributed by atoms with Gasteiger partial charge >= 0.3 is 6.09 Å². The molecule has 0 bridgehead atoms. The van der Waals surface area contributed by atoms with Gasteiger partial charge in [0.25, 0.3) is 0 Å². The lowest BCUT2D eigenvalue weighted by Gasteiger charge is -2.28. The highest BCUT2D eigenvalue weighted by molar-refractivity contribution is 7.93. The van der Waals surface area contributed by atoms with Crippen molar-refractivity contribution in [3.63, 3.8) is 0 Å². The first-order chi connectivity index (χ1) is 9.05. The van der Waals surface area contributed by atoms with Gasteiger partial charge in [0.2, 0.25) is 0 Å². The molecule has 1 fully saturated rings. The lowest BCUT2D eigenvalue weighted by molar-refractivity contribution is 0.0643. The van der Waals surface area contributed by atoms with Gasteiger partial charge in [-0.3, -0.25) is 0 Å². The van der Waals surface area contributed by atoms with Crippen molar-refractivity contribution in [3.8, 4) is 0 Å². The number of alkyl carbamates (subject to hydrolysis) is 1. The molecule has 0 unspecified atom stereocenters. The van der Waals surface area contributed by atoms with Crippen LogP contribution in [-0.2, 0) is 14.6 Å². The standard InChI is InChI=1S/C14H25NO4S/c1-14(2,3)15-13(16)19-12-7-5-11(6-8-12)9-10-20(4,17)18/h9-12H,5-8H2,1-4H3,(H,15,16). The van der Waals surface area contributed by atoms with E-state index in [2.05, 4.69) is 5.32 Å². The minimum atomic E-state index is -3.05. The first kappa shape index (κ1) is 17.0. The van der Waals surface area contributed by atoms with Gasteiger partial charge in [0, 0.05) is 17.2 Å². The molecule has 1 aliphatic rings. The van der Waals surface area contributed by atoms with Crippen molar-refractivity contribution in [1.82, 2.24) is 5.32 Å². The fourth-order valence-corrected chi connectivity index (χ4v) is 2.65. The maximum atomic E-state index is 11.6. The molecule has 0 atom stereocenters. The third-order valence-corrected chi connectivity index (χ3v) is 3.72. The second-order valence-corrected chi connectivity index (χ2v) is 8.41. The zero-order valence-electron chi connectivity index (χ0n) is 12.7. The van der Waals surface area contributed by atoms with Gasteiger partial charge in [-0.1, -0.05) is 6.08 Å². The predicted octanol–water partition coefficient (Wildman–Crippen LogP) is 2.63. The molecule has 5 nitrogen and oxygen atoms in total. The Kier molecular flexibility index (Phi) is 5.62. The summed E-state index contributed by atoms with van der Waals surface area (Å²) < 4.78 is 27.5. The van der Waals surface area contributed by atoms with Gasteiger partial charge in [-0.2, -0.15) is 0 Å². The summed E-state index contributed by atoms with van der Waals surface area (Å²) in [6, 6.07) is 0. The van der Waals surface area contributed by atoms with E-state index in [9.17, 15) is 13.2 Å². The number of carbonyl (C=O) groups is 1. The number of rotatable bonds is 3. The summed E-state index contributed by atoms with van der Waals surface area (Å²) in [4.78, 5) is 11.6. The van der Waals surface area contributed by atoms with E-state index in [0.717, 1.165) is 25.7 Å². The molecule has 0 saturated heterocycles. The van der Waals surface area contributed by atoms with E-state index in [4.69, 9.17) is 4.74 Å². The summed E-state index contributed by atoms with van der Waals surface area (Å²) in [6.07, 6.45) is 5.73. The number of hydrogen-bond acceptors (Lipinski definition) is 4. The van der Waals surface area contributed by atoms with Crippen LogP contribution in [0.4, 0.5) is 4.79 Å². The van der Waals surface area contributed by atoms with Crippen LogP contribution in [0.2, 0.25) is 0 Å². The summed E-state index contributed by atoms with van der Waals surface area (Å²) in [6.45, 7) is 5.71. The van der Waals surface area contributed by atoms with E-state index >= 15 is 0 Å². The molecule has 0 aromatic carbocycles. The maximum Gasteiger partial charge on any atom is 0.407 e. The normalized spacial score (nSPS) is 24.6. The van der Waals surface area contributed by atoms with Gasteiger partial charge in [-0.05, 0) is 52.4 Å². The Morgan fingerprint density at radius 3 is 2.20 bits per heavy atom. The van der Waals surface area contributed by atoms with Gasteiger partial charge < -0.3 is 10.1 Å². The second-order valence-electron chi connectivity index (χ2n) is 6.48. The van der Waals surface area contributed by atoms with Crippen LogP contribution in [0.15, 0.2) is 11.5 Å². The van der Waals surface area contributed by atoms with E-state index < -0.39 is 9.84 Å². The Morgan fingerprint density at radius 1 is 1.20 bits per heavy atom. The van der Waals surface area contributed by atoms with Crippen molar-refractivity contribution in [1.29, 1.82) is 0 Å². The number of allylic oxidation sites excluding steroid dienone is 1. The molecule has 0 radical (unpaired) electrons. The number of ether oxygens (including phenoxy) is 1. The lowest BCUT2D eigenvalue weighted by atomic mass is 9.87. The monoisotopic (exact) mass is 303 g/mol. The number of amides is 1. The molecule has 0 heterocycles. The Hall–Kier alpha value is -1.04. The average molecular weight is 303 g/mol. The van der Waals surface area contributed by atoms with Crippen LogP contribution in [0.5, 0.6) is 0 Å². The molecule has 20 heavy (non-hydrogen) atoms. The Balaban J connectivity index is 2.36. The third kappa shape index (κ3) is 7.53. The SMILES string of the molecule is CC(C)(C)NC(=O)OC1CCC(C=CS(C)(=O)=O)CC1. The van der Waals surface area contributed by atoms with Crippen LogP contribution in [0.3, 0.4) is 0 Å². The van der Waals surface area contributed by atoms with Crippen LogP contribution in [0, 0.1) is 5.92 Å². The summed E-state index contributed by atoms with van der Waals surface area (Å²) >= 11 is 0. The van der Waals surface area contributed by atoms with Crippen LogP contribution >= 0.6 is 0 Å². The summed E-state index contributed by atoms with van der Waals surface area (Å²) in [5, 5.41) is 4.04. The van der Waals surface area contributed by atoms with E-state index in [-0.39, 0.29) is 23.7 Å². The summed E-state index contributed by atoms with van der Waals surface area (Å²) in [5.41, 5.74) is -0.299. The van der Waals surface area contributed by atoms with Crippen LogP contribution < -0.4 is 5.32 Å². The maximum absolute atomic E-state index is 11.6. The zero-order chi connectivity index (χ0) is 15.4. The molecule has 1 amide bonds. The fraction of sp³-hybridized carbons (Fsp3) is 0.786. The molecule has 0 aromatic heterocycles. The van der Waals surface area contributed by atoms with Crippen LogP contribution in [-0.4, -0.2) is 32.4 Å². The number of sulfone groups is 1. The van der Waals surface area contributed by atoms with E-state index in [1.807, 2.05) is 20.8 Å². The summed E-state index contributed by atoms with van der Waals surface area (Å²) in [5.74, 6) is 0.259. The molecular weight excluding hydrogens is 278 g/mol. The molecule has 0 spiro atoms. The third-order valence-electron chi connectivity index (χ3n) is 3.07. The van der Waals surface area contributed by atoms with Crippen molar-refractivity contribution in [3.05, 3.63) is 11.5 Å². The Labute approximate surface area is 121 Å². The highest BCUT2D eigenvalue weighted by Crippen LogP contribution is 2.27.